The van der Waals surface area contributed by atoms with Gasteiger partial charge in [0.25, 0.3) is 0 Å². The van der Waals surface area contributed by atoms with Gasteiger partial charge in [0.2, 0.25) is 15.9 Å². The summed E-state index contributed by atoms with van der Waals surface area (Å²) in [6.07, 6.45) is 2.83. The first-order valence-electron chi connectivity index (χ1n) is 8.01. The minimum absolute atomic E-state index is 0. The van der Waals surface area contributed by atoms with E-state index in [9.17, 15) is 13.2 Å². The summed E-state index contributed by atoms with van der Waals surface area (Å²) in [5.41, 5.74) is 6.57. The lowest BCUT2D eigenvalue weighted by Crippen LogP contribution is -2.39. The predicted octanol–water partition coefficient (Wildman–Crippen LogP) is 1.02. The summed E-state index contributed by atoms with van der Waals surface area (Å²) in [5, 5.41) is 2.73. The molecule has 1 saturated carbocycles. The summed E-state index contributed by atoms with van der Waals surface area (Å²) in [6, 6.07) is 9.32. The molecule has 0 radical (unpaired) electrons. The Hall–Kier alpha value is -1.15. The summed E-state index contributed by atoms with van der Waals surface area (Å²) < 4.78 is 26.4. The maximum Gasteiger partial charge on any atom is 0.223 e. The van der Waals surface area contributed by atoms with Crippen LogP contribution in [0.1, 0.15) is 24.8 Å². The van der Waals surface area contributed by atoms with Gasteiger partial charge in [-0.05, 0) is 30.9 Å². The molecular weight excluding hydrogens is 350 g/mol. The molecule has 24 heavy (non-hydrogen) atoms. The van der Waals surface area contributed by atoms with Crippen LogP contribution >= 0.6 is 12.4 Å². The van der Waals surface area contributed by atoms with Crippen LogP contribution in [0.4, 0.5) is 0 Å². The third-order valence-electron chi connectivity index (χ3n) is 4.31. The van der Waals surface area contributed by atoms with Gasteiger partial charge in [0.15, 0.2) is 0 Å². The lowest BCUT2D eigenvalue weighted by atomic mass is 9.95. The number of carbonyl (C=O) groups excluding carboxylic acids is 1. The van der Waals surface area contributed by atoms with Gasteiger partial charge in [-0.3, -0.25) is 4.79 Å². The summed E-state index contributed by atoms with van der Waals surface area (Å²) in [7, 11) is -3.41. The summed E-state index contributed by atoms with van der Waals surface area (Å²) >= 11 is 0. The van der Waals surface area contributed by atoms with Crippen molar-refractivity contribution in [2.24, 2.45) is 17.6 Å². The van der Waals surface area contributed by atoms with Crippen LogP contribution in [0.3, 0.4) is 0 Å². The molecule has 4 N–H and O–H groups in total. The SMILES string of the molecule is Cl.NC[C@H]1CCC[C@H]1C(=O)NCCS(=O)(=O)NCc1ccccc1. The molecule has 0 bridgehead atoms. The zero-order valence-electron chi connectivity index (χ0n) is 13.6. The van der Waals surface area contributed by atoms with Crippen LogP contribution in [0.15, 0.2) is 30.3 Å². The van der Waals surface area contributed by atoms with Crippen molar-refractivity contribution in [2.45, 2.75) is 25.8 Å². The molecule has 6 nitrogen and oxygen atoms in total. The molecule has 0 aliphatic heterocycles. The van der Waals surface area contributed by atoms with E-state index in [0.29, 0.717) is 6.54 Å². The third-order valence-corrected chi connectivity index (χ3v) is 5.63. The Kier molecular flexibility index (Phi) is 8.69. The second kappa shape index (κ2) is 9.98. The monoisotopic (exact) mass is 375 g/mol. The van der Waals surface area contributed by atoms with Gasteiger partial charge >= 0.3 is 0 Å². The maximum atomic E-state index is 12.1. The number of hydrogen-bond acceptors (Lipinski definition) is 4. The van der Waals surface area contributed by atoms with E-state index in [4.69, 9.17) is 5.73 Å². The lowest BCUT2D eigenvalue weighted by molar-refractivity contribution is -0.125. The van der Waals surface area contributed by atoms with E-state index in [-0.39, 0.29) is 49.0 Å². The molecule has 0 spiro atoms. The molecule has 1 fully saturated rings. The highest BCUT2D eigenvalue weighted by Gasteiger charge is 2.31. The number of rotatable bonds is 8. The molecule has 2 atom stereocenters. The number of hydrogen-bond donors (Lipinski definition) is 3. The molecular formula is C16H26ClN3O3S. The fourth-order valence-corrected chi connectivity index (χ4v) is 3.87. The number of nitrogens with two attached hydrogens (primary N) is 1. The Balaban J connectivity index is 0.00000288. The zero-order valence-corrected chi connectivity index (χ0v) is 15.2. The highest BCUT2D eigenvalue weighted by molar-refractivity contribution is 7.89. The van der Waals surface area contributed by atoms with Crippen molar-refractivity contribution in [3.05, 3.63) is 35.9 Å². The van der Waals surface area contributed by atoms with Crippen molar-refractivity contribution in [3.8, 4) is 0 Å². The molecule has 136 valence electrons. The van der Waals surface area contributed by atoms with Crippen LogP contribution in [0, 0.1) is 11.8 Å². The minimum atomic E-state index is -3.41. The van der Waals surface area contributed by atoms with Gasteiger partial charge in [0.1, 0.15) is 0 Å². The van der Waals surface area contributed by atoms with Gasteiger partial charge in [-0.25, -0.2) is 13.1 Å². The Morgan fingerprint density at radius 3 is 2.58 bits per heavy atom. The van der Waals surface area contributed by atoms with Gasteiger partial charge in [0.05, 0.1) is 5.75 Å². The largest absolute Gasteiger partial charge is 0.355 e. The van der Waals surface area contributed by atoms with E-state index >= 15 is 0 Å². The average molecular weight is 376 g/mol. The Morgan fingerprint density at radius 1 is 1.21 bits per heavy atom. The number of halogens is 1. The molecule has 1 aliphatic carbocycles. The number of benzene rings is 1. The lowest BCUT2D eigenvalue weighted by Gasteiger charge is -2.17. The molecule has 1 amide bonds. The average Bonchev–Trinajstić information content (AvgIpc) is 3.02. The second-order valence-corrected chi connectivity index (χ2v) is 7.88. The van der Waals surface area contributed by atoms with E-state index < -0.39 is 10.0 Å². The Labute approximate surface area is 150 Å². The molecule has 2 rings (SSSR count). The number of nitrogens with one attached hydrogen (secondary N) is 2. The van der Waals surface area contributed by atoms with Crippen LogP contribution < -0.4 is 15.8 Å². The van der Waals surface area contributed by atoms with Crippen LogP contribution in [0.5, 0.6) is 0 Å². The van der Waals surface area contributed by atoms with E-state index in [1.54, 1.807) is 0 Å². The fraction of sp³-hybridized carbons (Fsp3) is 0.562. The van der Waals surface area contributed by atoms with Gasteiger partial charge in [-0.2, -0.15) is 0 Å². The van der Waals surface area contributed by atoms with Crippen LogP contribution in [0.25, 0.3) is 0 Å². The zero-order chi connectivity index (χ0) is 16.7. The second-order valence-electron chi connectivity index (χ2n) is 5.95. The first-order valence-corrected chi connectivity index (χ1v) is 9.66. The molecule has 1 aromatic rings. The molecule has 8 heteroatoms. The quantitative estimate of drug-likeness (QED) is 0.631. The van der Waals surface area contributed by atoms with Crippen molar-refractivity contribution in [3.63, 3.8) is 0 Å². The molecule has 0 heterocycles. The Bertz CT molecular complexity index is 610. The Morgan fingerprint density at radius 2 is 1.92 bits per heavy atom. The smallest absolute Gasteiger partial charge is 0.223 e. The molecule has 0 unspecified atom stereocenters. The van der Waals surface area contributed by atoms with E-state index in [2.05, 4.69) is 10.0 Å². The van der Waals surface area contributed by atoms with Crippen LogP contribution in [-0.2, 0) is 21.4 Å². The molecule has 0 aromatic heterocycles. The van der Waals surface area contributed by atoms with E-state index in [0.717, 1.165) is 24.8 Å². The first kappa shape index (κ1) is 20.9. The van der Waals surface area contributed by atoms with Gasteiger partial charge in [-0.1, -0.05) is 36.8 Å². The highest BCUT2D eigenvalue weighted by atomic mass is 35.5. The topological polar surface area (TPSA) is 101 Å². The normalized spacial score (nSPS) is 20.4. The third kappa shape index (κ3) is 6.39. The van der Waals surface area contributed by atoms with Gasteiger partial charge < -0.3 is 11.1 Å². The van der Waals surface area contributed by atoms with Crippen molar-refractivity contribution in [2.75, 3.05) is 18.8 Å². The van der Waals surface area contributed by atoms with Crippen molar-refractivity contribution < 1.29 is 13.2 Å². The predicted molar refractivity (Wildman–Crippen MR) is 97.2 cm³/mol. The van der Waals surface area contributed by atoms with Gasteiger partial charge in [0, 0.05) is 19.0 Å². The minimum Gasteiger partial charge on any atom is -0.355 e. The number of carbonyl (C=O) groups is 1. The van der Waals surface area contributed by atoms with Crippen molar-refractivity contribution in [1.82, 2.24) is 10.0 Å². The molecule has 1 aromatic carbocycles. The van der Waals surface area contributed by atoms with Crippen LogP contribution in [-0.4, -0.2) is 33.2 Å². The molecule has 1 aliphatic rings. The summed E-state index contributed by atoms with van der Waals surface area (Å²) in [4.78, 5) is 12.1. The summed E-state index contributed by atoms with van der Waals surface area (Å²) in [6.45, 7) is 0.890. The highest BCUT2D eigenvalue weighted by Crippen LogP contribution is 2.30. The number of amides is 1. The maximum absolute atomic E-state index is 12.1. The van der Waals surface area contributed by atoms with Crippen LogP contribution in [0.2, 0.25) is 0 Å². The summed E-state index contributed by atoms with van der Waals surface area (Å²) in [5.74, 6) is -0.0370. The van der Waals surface area contributed by atoms with E-state index in [1.807, 2.05) is 30.3 Å². The van der Waals surface area contributed by atoms with E-state index in [1.165, 1.54) is 0 Å². The van der Waals surface area contributed by atoms with Gasteiger partial charge in [-0.15, -0.1) is 12.4 Å². The first-order chi connectivity index (χ1) is 11.0. The van der Waals surface area contributed by atoms with Crippen molar-refractivity contribution >= 4 is 28.3 Å². The number of sulfonamides is 1. The molecule has 0 saturated heterocycles. The standard InChI is InChI=1S/C16H25N3O3S.ClH/c17-11-14-7-4-8-15(14)16(20)18-9-10-23(21,22)19-12-13-5-2-1-3-6-13;/h1-3,5-6,14-15,19H,4,7-12,17H2,(H,18,20);1H/t14-,15-;/m1./s1. The fourth-order valence-electron chi connectivity index (χ4n) is 2.97. The van der Waals surface area contributed by atoms with Crippen molar-refractivity contribution in [1.29, 1.82) is 0 Å².